The molecule has 3 saturated heterocycles. The number of carbonyl (C=O) groups is 1. The van der Waals surface area contributed by atoms with Crippen LogP contribution in [0, 0.1) is 5.92 Å². The number of amides is 1. The van der Waals surface area contributed by atoms with Gasteiger partial charge in [-0.15, -0.1) is 0 Å². The van der Waals surface area contributed by atoms with Crippen molar-refractivity contribution in [1.82, 2.24) is 10.2 Å². The molecule has 0 saturated carbocycles. The molecule has 0 aromatic heterocycles. The van der Waals surface area contributed by atoms with Crippen LogP contribution in [-0.2, 0) is 14.6 Å². The van der Waals surface area contributed by atoms with Crippen molar-refractivity contribution in [3.63, 3.8) is 0 Å². The molecule has 120 valence electrons. The molecule has 0 aromatic carbocycles. The van der Waals surface area contributed by atoms with Crippen LogP contribution >= 0.6 is 0 Å². The van der Waals surface area contributed by atoms with Crippen molar-refractivity contribution < 1.29 is 13.2 Å². The third kappa shape index (κ3) is 3.26. The number of hydrogen-bond acceptors (Lipinski definition) is 4. The molecule has 3 rings (SSSR count). The van der Waals surface area contributed by atoms with Crippen LogP contribution in [-0.4, -0.2) is 55.4 Å². The fourth-order valence-corrected chi connectivity index (χ4v) is 5.95. The summed E-state index contributed by atoms with van der Waals surface area (Å²) in [4.78, 5) is 14.8. The minimum Gasteiger partial charge on any atom is -0.339 e. The second-order valence-corrected chi connectivity index (χ2v) is 9.12. The first kappa shape index (κ1) is 15.3. The van der Waals surface area contributed by atoms with Crippen molar-refractivity contribution in [3.05, 3.63) is 0 Å². The van der Waals surface area contributed by atoms with Crippen LogP contribution in [0.5, 0.6) is 0 Å². The van der Waals surface area contributed by atoms with E-state index in [9.17, 15) is 13.2 Å². The van der Waals surface area contributed by atoms with Gasteiger partial charge in [0.1, 0.15) is 0 Å². The van der Waals surface area contributed by atoms with Gasteiger partial charge in [-0.05, 0) is 38.5 Å². The lowest BCUT2D eigenvalue weighted by Crippen LogP contribution is -2.52. The van der Waals surface area contributed by atoms with E-state index in [4.69, 9.17) is 0 Å². The fraction of sp³-hybridized carbons (Fsp3) is 0.933. The van der Waals surface area contributed by atoms with Crippen LogP contribution in [0.2, 0.25) is 0 Å². The van der Waals surface area contributed by atoms with Gasteiger partial charge in [-0.1, -0.05) is 6.92 Å². The molecule has 1 N–H and O–H groups in total. The topological polar surface area (TPSA) is 66.5 Å². The average molecular weight is 314 g/mol. The summed E-state index contributed by atoms with van der Waals surface area (Å²) < 4.78 is 23.3. The summed E-state index contributed by atoms with van der Waals surface area (Å²) in [5.74, 6) is 0.0309. The van der Waals surface area contributed by atoms with Crippen molar-refractivity contribution in [2.24, 2.45) is 5.92 Å². The first-order valence-electron chi connectivity index (χ1n) is 8.25. The van der Waals surface area contributed by atoms with Crippen molar-refractivity contribution in [1.29, 1.82) is 0 Å². The number of nitrogens with one attached hydrogen (secondary N) is 1. The zero-order valence-corrected chi connectivity index (χ0v) is 13.6. The molecular formula is C15H26N2O3S. The van der Waals surface area contributed by atoms with Gasteiger partial charge >= 0.3 is 0 Å². The van der Waals surface area contributed by atoms with Crippen molar-refractivity contribution >= 4 is 15.7 Å². The van der Waals surface area contributed by atoms with Crippen molar-refractivity contribution in [3.8, 4) is 0 Å². The molecule has 5 nitrogen and oxygen atoms in total. The Morgan fingerprint density at radius 2 is 1.86 bits per heavy atom. The smallest absolute Gasteiger partial charge is 0.226 e. The highest BCUT2D eigenvalue weighted by Crippen LogP contribution is 2.31. The van der Waals surface area contributed by atoms with Gasteiger partial charge in [-0.2, -0.15) is 0 Å². The molecule has 1 amide bonds. The number of hydrogen-bond donors (Lipinski definition) is 1. The molecule has 0 aliphatic carbocycles. The standard InChI is InChI=1S/C15H26N2O3S/c1-2-6-17(14-8-12-3-4-13(9-14)16-12)15(18)11-5-7-21(19,20)10-11/h11-14,16H,2-10H2,1H3. The molecule has 0 spiro atoms. The van der Waals surface area contributed by atoms with Crippen LogP contribution in [0.3, 0.4) is 0 Å². The number of carbonyl (C=O) groups excluding carboxylic acids is 1. The van der Waals surface area contributed by atoms with E-state index in [-0.39, 0.29) is 23.3 Å². The minimum atomic E-state index is -2.99. The highest BCUT2D eigenvalue weighted by atomic mass is 32.2. The number of piperidine rings is 1. The summed E-state index contributed by atoms with van der Waals surface area (Å²) >= 11 is 0. The molecule has 2 bridgehead atoms. The average Bonchev–Trinajstić information content (AvgIpc) is 2.97. The fourth-order valence-electron chi connectivity index (χ4n) is 4.22. The molecule has 3 fully saturated rings. The zero-order chi connectivity index (χ0) is 15.0. The van der Waals surface area contributed by atoms with Gasteiger partial charge in [0, 0.05) is 24.7 Å². The van der Waals surface area contributed by atoms with Gasteiger partial charge in [0.2, 0.25) is 5.91 Å². The molecule has 0 radical (unpaired) electrons. The van der Waals surface area contributed by atoms with Crippen molar-refractivity contribution in [2.75, 3.05) is 18.1 Å². The van der Waals surface area contributed by atoms with Gasteiger partial charge in [0.05, 0.1) is 17.4 Å². The van der Waals surface area contributed by atoms with E-state index < -0.39 is 9.84 Å². The maximum atomic E-state index is 12.8. The maximum absolute atomic E-state index is 12.8. The highest BCUT2D eigenvalue weighted by Gasteiger charge is 2.41. The zero-order valence-electron chi connectivity index (χ0n) is 12.8. The number of rotatable bonds is 4. The Bertz CT molecular complexity index is 493. The summed E-state index contributed by atoms with van der Waals surface area (Å²) in [6.07, 6.45) is 5.94. The minimum absolute atomic E-state index is 0.0594. The van der Waals surface area contributed by atoms with E-state index in [1.807, 2.05) is 4.90 Å². The van der Waals surface area contributed by atoms with Crippen LogP contribution in [0.1, 0.15) is 45.4 Å². The Labute approximate surface area is 127 Å². The summed E-state index contributed by atoms with van der Waals surface area (Å²) in [6.45, 7) is 2.85. The molecule has 3 aliphatic rings. The molecule has 3 aliphatic heterocycles. The summed E-state index contributed by atoms with van der Waals surface area (Å²) in [7, 11) is -2.99. The third-order valence-electron chi connectivity index (χ3n) is 5.22. The van der Waals surface area contributed by atoms with Gasteiger partial charge in [-0.25, -0.2) is 8.42 Å². The quantitative estimate of drug-likeness (QED) is 0.839. The largest absolute Gasteiger partial charge is 0.339 e. The first-order chi connectivity index (χ1) is 9.98. The Hall–Kier alpha value is -0.620. The van der Waals surface area contributed by atoms with Crippen LogP contribution in [0.4, 0.5) is 0 Å². The van der Waals surface area contributed by atoms with Crippen molar-refractivity contribution in [2.45, 2.75) is 63.6 Å². The van der Waals surface area contributed by atoms with Crippen LogP contribution in [0.25, 0.3) is 0 Å². The van der Waals surface area contributed by atoms with Crippen LogP contribution < -0.4 is 5.32 Å². The van der Waals surface area contributed by atoms with E-state index in [1.165, 1.54) is 12.8 Å². The highest BCUT2D eigenvalue weighted by molar-refractivity contribution is 7.91. The van der Waals surface area contributed by atoms with E-state index in [0.717, 1.165) is 25.8 Å². The SMILES string of the molecule is CCCN(C(=O)C1CCS(=O)(=O)C1)C1CC2CCC(C1)N2. The lowest BCUT2D eigenvalue weighted by Gasteiger charge is -2.39. The van der Waals surface area contributed by atoms with Gasteiger partial charge in [0.15, 0.2) is 9.84 Å². The summed E-state index contributed by atoms with van der Waals surface area (Å²) in [5, 5.41) is 3.60. The number of sulfone groups is 1. The lowest BCUT2D eigenvalue weighted by atomic mass is 9.96. The molecular weight excluding hydrogens is 288 g/mol. The molecule has 0 aromatic rings. The third-order valence-corrected chi connectivity index (χ3v) is 6.99. The Kier molecular flexibility index (Phi) is 4.28. The van der Waals surface area contributed by atoms with E-state index in [0.29, 0.717) is 24.5 Å². The molecule has 6 heteroatoms. The normalized spacial score (nSPS) is 37.6. The van der Waals surface area contributed by atoms with Gasteiger partial charge in [0.25, 0.3) is 0 Å². The second kappa shape index (κ2) is 5.88. The van der Waals surface area contributed by atoms with Gasteiger partial charge < -0.3 is 10.2 Å². The predicted molar refractivity (Wildman–Crippen MR) is 81.7 cm³/mol. The monoisotopic (exact) mass is 314 g/mol. The maximum Gasteiger partial charge on any atom is 0.226 e. The molecule has 3 atom stereocenters. The first-order valence-corrected chi connectivity index (χ1v) is 10.1. The number of nitrogens with zero attached hydrogens (tertiary/aromatic N) is 1. The lowest BCUT2D eigenvalue weighted by molar-refractivity contribution is -0.138. The molecule has 21 heavy (non-hydrogen) atoms. The van der Waals surface area contributed by atoms with Crippen LogP contribution in [0.15, 0.2) is 0 Å². The Balaban J connectivity index is 1.70. The molecule has 3 unspecified atom stereocenters. The Morgan fingerprint density at radius 1 is 1.19 bits per heavy atom. The summed E-state index contributed by atoms with van der Waals surface area (Å²) in [6, 6.07) is 1.40. The molecule has 3 heterocycles. The number of fused-ring (bicyclic) bond motifs is 2. The van der Waals surface area contributed by atoms with Gasteiger partial charge in [-0.3, -0.25) is 4.79 Å². The summed E-state index contributed by atoms with van der Waals surface area (Å²) in [5.41, 5.74) is 0. The predicted octanol–water partition coefficient (Wildman–Crippen LogP) is 0.943. The van der Waals surface area contributed by atoms with E-state index in [1.54, 1.807) is 0 Å². The van der Waals surface area contributed by atoms with E-state index in [2.05, 4.69) is 12.2 Å². The van der Waals surface area contributed by atoms with E-state index >= 15 is 0 Å². The second-order valence-electron chi connectivity index (χ2n) is 6.89. The Morgan fingerprint density at radius 3 is 2.38 bits per heavy atom.